The Hall–Kier alpha value is -3.53. The number of carbonyl (C=O) groups excluding carboxylic acids is 1. The first-order valence-electron chi connectivity index (χ1n) is 7.29. The third-order valence-corrected chi connectivity index (χ3v) is 3.32. The Balaban J connectivity index is 1.67. The van der Waals surface area contributed by atoms with E-state index in [1.807, 2.05) is 37.3 Å². The van der Waals surface area contributed by atoms with Crippen molar-refractivity contribution in [2.45, 2.75) is 13.5 Å². The van der Waals surface area contributed by atoms with Crippen LogP contribution in [0.1, 0.15) is 11.1 Å². The number of aryl methyl sites for hydroxylation is 1. The van der Waals surface area contributed by atoms with Crippen LogP contribution in [0.4, 0.5) is 5.69 Å². The number of nitrogens with zero attached hydrogens (tertiary/aromatic N) is 5. The van der Waals surface area contributed by atoms with Gasteiger partial charge in [-0.3, -0.25) is 4.79 Å². The summed E-state index contributed by atoms with van der Waals surface area (Å²) in [6.07, 6.45) is 0. The van der Waals surface area contributed by atoms with Gasteiger partial charge < -0.3 is 5.32 Å². The van der Waals surface area contributed by atoms with Gasteiger partial charge in [0.05, 0.1) is 11.6 Å². The molecular weight excluding hydrogens is 304 g/mol. The van der Waals surface area contributed by atoms with E-state index in [-0.39, 0.29) is 12.5 Å². The summed E-state index contributed by atoms with van der Waals surface area (Å²) in [7, 11) is 0. The first kappa shape index (κ1) is 15.4. The van der Waals surface area contributed by atoms with Crippen LogP contribution in [0.15, 0.2) is 48.5 Å². The summed E-state index contributed by atoms with van der Waals surface area (Å²) in [5.41, 5.74) is 3.02. The van der Waals surface area contributed by atoms with Crippen LogP contribution in [0.2, 0.25) is 0 Å². The SMILES string of the molecule is Cc1ccc(-c2nnn(CC(=O)Nc3cccc(C#N)c3)n2)cc1. The minimum absolute atomic E-state index is 0.0599. The monoisotopic (exact) mass is 318 g/mol. The zero-order valence-electron chi connectivity index (χ0n) is 13.0. The number of amides is 1. The van der Waals surface area contributed by atoms with Crippen molar-refractivity contribution in [2.24, 2.45) is 0 Å². The molecule has 7 heteroatoms. The molecule has 0 saturated carbocycles. The molecule has 2 aromatic carbocycles. The maximum atomic E-state index is 12.0. The quantitative estimate of drug-likeness (QED) is 0.795. The van der Waals surface area contributed by atoms with Crippen LogP contribution in [-0.2, 0) is 11.3 Å². The smallest absolute Gasteiger partial charge is 0.248 e. The second-order valence-corrected chi connectivity index (χ2v) is 5.25. The zero-order chi connectivity index (χ0) is 16.9. The first-order chi connectivity index (χ1) is 11.6. The van der Waals surface area contributed by atoms with E-state index in [4.69, 9.17) is 5.26 Å². The van der Waals surface area contributed by atoms with Gasteiger partial charge in [0, 0.05) is 11.3 Å². The topological polar surface area (TPSA) is 96.5 Å². The molecule has 1 amide bonds. The van der Waals surface area contributed by atoms with Gasteiger partial charge in [-0.25, -0.2) is 0 Å². The van der Waals surface area contributed by atoms with E-state index in [2.05, 4.69) is 20.7 Å². The van der Waals surface area contributed by atoms with Crippen molar-refractivity contribution in [3.05, 3.63) is 59.7 Å². The zero-order valence-corrected chi connectivity index (χ0v) is 13.0. The van der Waals surface area contributed by atoms with Gasteiger partial charge in [-0.2, -0.15) is 10.1 Å². The summed E-state index contributed by atoms with van der Waals surface area (Å²) >= 11 is 0. The molecule has 0 radical (unpaired) electrons. The Morgan fingerprint density at radius 1 is 1.25 bits per heavy atom. The molecule has 0 saturated heterocycles. The van der Waals surface area contributed by atoms with Crippen molar-refractivity contribution in [1.82, 2.24) is 20.2 Å². The van der Waals surface area contributed by atoms with Crippen LogP contribution < -0.4 is 5.32 Å². The normalized spacial score (nSPS) is 10.2. The molecule has 1 heterocycles. The average molecular weight is 318 g/mol. The third kappa shape index (κ3) is 3.62. The number of hydrogen-bond acceptors (Lipinski definition) is 5. The summed E-state index contributed by atoms with van der Waals surface area (Å²) in [6.45, 7) is 1.94. The molecule has 0 fully saturated rings. The molecule has 118 valence electrons. The first-order valence-corrected chi connectivity index (χ1v) is 7.29. The molecule has 0 aliphatic rings. The summed E-state index contributed by atoms with van der Waals surface area (Å²) < 4.78 is 0. The van der Waals surface area contributed by atoms with Gasteiger partial charge in [0.1, 0.15) is 6.54 Å². The molecule has 0 atom stereocenters. The molecular formula is C17H14N6O. The van der Waals surface area contributed by atoms with Gasteiger partial charge >= 0.3 is 0 Å². The molecule has 3 rings (SSSR count). The minimum atomic E-state index is -0.294. The number of aromatic nitrogens is 4. The number of tetrazole rings is 1. The standard InChI is InChI=1S/C17H14N6O/c1-12-5-7-14(8-6-12)17-20-22-23(21-17)11-16(24)19-15-4-2-3-13(9-15)10-18/h2-9H,11H2,1H3,(H,19,24). The number of nitrogens with one attached hydrogen (secondary N) is 1. The highest BCUT2D eigenvalue weighted by Crippen LogP contribution is 2.14. The van der Waals surface area contributed by atoms with Crippen molar-refractivity contribution in [3.8, 4) is 17.5 Å². The molecule has 0 aliphatic carbocycles. The van der Waals surface area contributed by atoms with E-state index < -0.39 is 0 Å². The van der Waals surface area contributed by atoms with Crippen molar-refractivity contribution in [1.29, 1.82) is 5.26 Å². The van der Waals surface area contributed by atoms with Crippen LogP contribution in [0.3, 0.4) is 0 Å². The van der Waals surface area contributed by atoms with E-state index in [1.165, 1.54) is 4.80 Å². The predicted octanol–water partition coefficient (Wildman–Crippen LogP) is 2.16. The molecule has 24 heavy (non-hydrogen) atoms. The van der Waals surface area contributed by atoms with Crippen LogP contribution in [0.25, 0.3) is 11.4 Å². The maximum Gasteiger partial charge on any atom is 0.248 e. The summed E-state index contributed by atoms with van der Waals surface area (Å²) in [5, 5.41) is 23.6. The van der Waals surface area contributed by atoms with Crippen molar-refractivity contribution in [3.63, 3.8) is 0 Å². The second kappa shape index (κ2) is 6.71. The highest BCUT2D eigenvalue weighted by molar-refractivity contribution is 5.90. The van der Waals surface area contributed by atoms with Crippen LogP contribution in [0, 0.1) is 18.3 Å². The fourth-order valence-corrected chi connectivity index (χ4v) is 2.12. The summed E-state index contributed by atoms with van der Waals surface area (Å²) in [4.78, 5) is 13.3. The molecule has 7 nitrogen and oxygen atoms in total. The van der Waals surface area contributed by atoms with Gasteiger partial charge in [0.2, 0.25) is 11.7 Å². The van der Waals surface area contributed by atoms with E-state index in [9.17, 15) is 4.79 Å². The van der Waals surface area contributed by atoms with Gasteiger partial charge in [0.15, 0.2) is 0 Å². The van der Waals surface area contributed by atoms with Gasteiger partial charge in [0.25, 0.3) is 0 Å². The fraction of sp³-hybridized carbons (Fsp3) is 0.118. The molecule has 0 aliphatic heterocycles. The lowest BCUT2D eigenvalue weighted by molar-refractivity contribution is -0.117. The highest BCUT2D eigenvalue weighted by Gasteiger charge is 2.09. The summed E-state index contributed by atoms with van der Waals surface area (Å²) in [6, 6.07) is 16.5. The highest BCUT2D eigenvalue weighted by atomic mass is 16.2. The van der Waals surface area contributed by atoms with Crippen molar-refractivity contribution >= 4 is 11.6 Å². The van der Waals surface area contributed by atoms with Crippen LogP contribution in [-0.4, -0.2) is 26.1 Å². The largest absolute Gasteiger partial charge is 0.324 e. The molecule has 3 aromatic rings. The Bertz CT molecular complexity index is 907. The van der Waals surface area contributed by atoms with Crippen molar-refractivity contribution < 1.29 is 4.79 Å². The number of anilines is 1. The lowest BCUT2D eigenvalue weighted by atomic mass is 10.1. The molecule has 1 aromatic heterocycles. The maximum absolute atomic E-state index is 12.0. The number of rotatable bonds is 4. The fourth-order valence-electron chi connectivity index (χ4n) is 2.12. The van der Waals surface area contributed by atoms with E-state index >= 15 is 0 Å². The van der Waals surface area contributed by atoms with Gasteiger partial charge in [-0.1, -0.05) is 35.9 Å². The molecule has 0 unspecified atom stereocenters. The number of hydrogen-bond donors (Lipinski definition) is 1. The minimum Gasteiger partial charge on any atom is -0.324 e. The van der Waals surface area contributed by atoms with E-state index in [1.54, 1.807) is 24.3 Å². The van der Waals surface area contributed by atoms with Crippen LogP contribution in [0.5, 0.6) is 0 Å². The Labute approximate surface area is 138 Å². The second-order valence-electron chi connectivity index (χ2n) is 5.25. The van der Waals surface area contributed by atoms with Crippen LogP contribution >= 0.6 is 0 Å². The van der Waals surface area contributed by atoms with Crippen molar-refractivity contribution in [2.75, 3.05) is 5.32 Å². The summed E-state index contributed by atoms with van der Waals surface area (Å²) in [5.74, 6) is 0.173. The third-order valence-electron chi connectivity index (χ3n) is 3.32. The molecule has 0 spiro atoms. The Kier molecular flexibility index (Phi) is 4.29. The van der Waals surface area contributed by atoms with E-state index in [0.29, 0.717) is 17.1 Å². The van der Waals surface area contributed by atoms with Gasteiger partial charge in [-0.15, -0.1) is 10.2 Å². The average Bonchev–Trinajstić information content (AvgIpc) is 3.04. The number of carbonyl (C=O) groups is 1. The molecule has 0 bridgehead atoms. The predicted molar refractivity (Wildman–Crippen MR) is 87.8 cm³/mol. The van der Waals surface area contributed by atoms with Gasteiger partial charge in [-0.05, 0) is 30.3 Å². The lowest BCUT2D eigenvalue weighted by Crippen LogP contribution is -2.20. The number of nitriles is 1. The van der Waals surface area contributed by atoms with E-state index in [0.717, 1.165) is 11.1 Å². The Morgan fingerprint density at radius 2 is 2.04 bits per heavy atom. The lowest BCUT2D eigenvalue weighted by Gasteiger charge is -2.04. The Morgan fingerprint density at radius 3 is 2.79 bits per heavy atom. The molecule has 1 N–H and O–H groups in total. The number of benzene rings is 2.